The first-order valence-electron chi connectivity index (χ1n) is 6.60. The predicted molar refractivity (Wildman–Crippen MR) is 82.2 cm³/mol. The lowest BCUT2D eigenvalue weighted by Crippen LogP contribution is -2.04. The van der Waals surface area contributed by atoms with E-state index in [9.17, 15) is 4.39 Å². The molecule has 0 aliphatic rings. The second-order valence-corrected chi connectivity index (χ2v) is 5.21. The van der Waals surface area contributed by atoms with Gasteiger partial charge in [-0.05, 0) is 49.4 Å². The number of hydrogen-bond acceptors (Lipinski definition) is 2. The van der Waals surface area contributed by atoms with Gasteiger partial charge in [0.05, 0.1) is 5.52 Å². The molecule has 1 atom stereocenters. The van der Waals surface area contributed by atoms with Crippen LogP contribution < -0.4 is 4.74 Å². The van der Waals surface area contributed by atoms with E-state index in [0.29, 0.717) is 10.8 Å². The van der Waals surface area contributed by atoms with Crippen LogP contribution in [0.3, 0.4) is 0 Å². The van der Waals surface area contributed by atoms with Crippen LogP contribution in [-0.2, 0) is 0 Å². The van der Waals surface area contributed by atoms with Gasteiger partial charge in [0.25, 0.3) is 0 Å². The number of fused-ring (bicyclic) bond motifs is 1. The highest BCUT2D eigenvalue weighted by molar-refractivity contribution is 6.31. The molecule has 3 rings (SSSR count). The Hall–Kier alpha value is -2.13. The molecule has 2 aromatic carbocycles. The standard InChI is InChI=1S/C17H13ClFNO/c1-11(21-14-5-3-13(19)4-6-14)15-8-9-20-17-10-12(18)2-7-16(15)17/h2-11H,1H3. The minimum absolute atomic E-state index is 0.179. The molecule has 0 bridgehead atoms. The summed E-state index contributed by atoms with van der Waals surface area (Å²) in [5.41, 5.74) is 1.84. The molecule has 1 unspecified atom stereocenters. The minimum Gasteiger partial charge on any atom is -0.486 e. The largest absolute Gasteiger partial charge is 0.486 e. The summed E-state index contributed by atoms with van der Waals surface area (Å²) in [6, 6.07) is 13.5. The van der Waals surface area contributed by atoms with Crippen LogP contribution in [0.2, 0.25) is 5.02 Å². The average Bonchev–Trinajstić information content (AvgIpc) is 2.48. The molecular formula is C17H13ClFNO. The molecule has 0 saturated carbocycles. The van der Waals surface area contributed by atoms with Crippen LogP contribution in [0.25, 0.3) is 10.9 Å². The minimum atomic E-state index is -0.279. The fraction of sp³-hybridized carbons (Fsp3) is 0.118. The van der Waals surface area contributed by atoms with Gasteiger partial charge < -0.3 is 4.74 Å². The summed E-state index contributed by atoms with van der Waals surface area (Å²) in [6.07, 6.45) is 1.56. The molecule has 0 saturated heterocycles. The molecule has 0 radical (unpaired) electrons. The van der Waals surface area contributed by atoms with E-state index in [2.05, 4.69) is 4.98 Å². The van der Waals surface area contributed by atoms with Crippen LogP contribution in [-0.4, -0.2) is 4.98 Å². The zero-order valence-corrected chi connectivity index (χ0v) is 12.1. The summed E-state index contributed by atoms with van der Waals surface area (Å²) in [6.45, 7) is 1.95. The van der Waals surface area contributed by atoms with Crippen molar-refractivity contribution in [2.45, 2.75) is 13.0 Å². The van der Waals surface area contributed by atoms with Crippen molar-refractivity contribution >= 4 is 22.5 Å². The lowest BCUT2D eigenvalue weighted by molar-refractivity contribution is 0.228. The highest BCUT2D eigenvalue weighted by atomic mass is 35.5. The molecule has 0 amide bonds. The average molecular weight is 302 g/mol. The molecule has 0 spiro atoms. The number of hydrogen-bond donors (Lipinski definition) is 0. The Labute approximate surface area is 127 Å². The third kappa shape index (κ3) is 2.98. The molecule has 0 fully saturated rings. The maximum atomic E-state index is 12.9. The summed E-state index contributed by atoms with van der Waals surface area (Å²) >= 11 is 5.99. The maximum absolute atomic E-state index is 12.9. The zero-order chi connectivity index (χ0) is 14.8. The highest BCUT2D eigenvalue weighted by Crippen LogP contribution is 2.28. The molecular weight excluding hydrogens is 289 g/mol. The molecule has 1 heterocycles. The SMILES string of the molecule is CC(Oc1ccc(F)cc1)c1ccnc2cc(Cl)ccc12. The third-order valence-electron chi connectivity index (χ3n) is 3.30. The van der Waals surface area contributed by atoms with Gasteiger partial charge >= 0.3 is 0 Å². The van der Waals surface area contributed by atoms with Crippen molar-refractivity contribution in [3.05, 3.63) is 71.1 Å². The smallest absolute Gasteiger partial charge is 0.123 e. The molecule has 0 aliphatic carbocycles. The van der Waals surface area contributed by atoms with Gasteiger partial charge in [-0.2, -0.15) is 0 Å². The summed E-state index contributed by atoms with van der Waals surface area (Å²) in [7, 11) is 0. The van der Waals surface area contributed by atoms with Gasteiger partial charge in [-0.25, -0.2) is 4.39 Å². The van der Waals surface area contributed by atoms with Gasteiger partial charge in [0.1, 0.15) is 17.7 Å². The Morgan fingerprint density at radius 1 is 1.10 bits per heavy atom. The third-order valence-corrected chi connectivity index (χ3v) is 3.54. The highest BCUT2D eigenvalue weighted by Gasteiger charge is 2.12. The van der Waals surface area contributed by atoms with Gasteiger partial charge in [0, 0.05) is 22.2 Å². The van der Waals surface area contributed by atoms with E-state index in [1.807, 2.05) is 31.2 Å². The van der Waals surface area contributed by atoms with Gasteiger partial charge in [-0.3, -0.25) is 4.98 Å². The maximum Gasteiger partial charge on any atom is 0.123 e. The number of halogens is 2. The quantitative estimate of drug-likeness (QED) is 0.666. The topological polar surface area (TPSA) is 22.1 Å². The fourth-order valence-corrected chi connectivity index (χ4v) is 2.44. The van der Waals surface area contributed by atoms with Crippen LogP contribution in [0.1, 0.15) is 18.6 Å². The Morgan fingerprint density at radius 3 is 2.62 bits per heavy atom. The van der Waals surface area contributed by atoms with Crippen molar-refractivity contribution in [2.75, 3.05) is 0 Å². The molecule has 2 nitrogen and oxygen atoms in total. The zero-order valence-electron chi connectivity index (χ0n) is 11.4. The first-order chi connectivity index (χ1) is 10.1. The van der Waals surface area contributed by atoms with E-state index in [1.54, 1.807) is 18.3 Å². The second kappa shape index (κ2) is 5.70. The van der Waals surface area contributed by atoms with Crippen molar-refractivity contribution in [1.29, 1.82) is 0 Å². The number of benzene rings is 2. The molecule has 1 aromatic heterocycles. The van der Waals surface area contributed by atoms with E-state index in [0.717, 1.165) is 16.5 Å². The summed E-state index contributed by atoms with van der Waals surface area (Å²) < 4.78 is 18.8. The molecule has 4 heteroatoms. The van der Waals surface area contributed by atoms with Gasteiger partial charge in [0.2, 0.25) is 0 Å². The van der Waals surface area contributed by atoms with Gasteiger partial charge in [0.15, 0.2) is 0 Å². The Morgan fingerprint density at radius 2 is 1.86 bits per heavy atom. The summed E-state index contributed by atoms with van der Waals surface area (Å²) in [4.78, 5) is 4.31. The molecule has 3 aromatic rings. The second-order valence-electron chi connectivity index (χ2n) is 4.78. The van der Waals surface area contributed by atoms with Crippen LogP contribution >= 0.6 is 11.6 Å². The van der Waals surface area contributed by atoms with Crippen LogP contribution in [0.4, 0.5) is 4.39 Å². The lowest BCUT2D eigenvalue weighted by Gasteiger charge is -2.17. The van der Waals surface area contributed by atoms with Gasteiger partial charge in [-0.15, -0.1) is 0 Å². The number of nitrogens with zero attached hydrogens (tertiary/aromatic N) is 1. The van der Waals surface area contributed by atoms with E-state index >= 15 is 0 Å². The van der Waals surface area contributed by atoms with Crippen molar-refractivity contribution in [3.8, 4) is 5.75 Å². The Kier molecular flexibility index (Phi) is 3.76. The number of pyridine rings is 1. The fourth-order valence-electron chi connectivity index (χ4n) is 2.28. The number of rotatable bonds is 3. The van der Waals surface area contributed by atoms with E-state index in [4.69, 9.17) is 16.3 Å². The van der Waals surface area contributed by atoms with Gasteiger partial charge in [-0.1, -0.05) is 17.7 Å². The molecule has 0 aliphatic heterocycles. The Balaban J connectivity index is 1.94. The molecule has 21 heavy (non-hydrogen) atoms. The van der Waals surface area contributed by atoms with Crippen molar-refractivity contribution in [1.82, 2.24) is 4.98 Å². The van der Waals surface area contributed by atoms with E-state index in [1.165, 1.54) is 12.1 Å². The number of aromatic nitrogens is 1. The summed E-state index contributed by atoms with van der Waals surface area (Å²) in [5, 5.41) is 1.65. The summed E-state index contributed by atoms with van der Waals surface area (Å²) in [5.74, 6) is 0.349. The molecule has 106 valence electrons. The van der Waals surface area contributed by atoms with Crippen LogP contribution in [0.5, 0.6) is 5.75 Å². The van der Waals surface area contributed by atoms with Crippen molar-refractivity contribution in [3.63, 3.8) is 0 Å². The predicted octanol–water partition coefficient (Wildman–Crippen LogP) is 5.17. The van der Waals surface area contributed by atoms with E-state index < -0.39 is 0 Å². The van der Waals surface area contributed by atoms with Crippen LogP contribution in [0.15, 0.2) is 54.7 Å². The number of ether oxygens (including phenoxy) is 1. The first-order valence-corrected chi connectivity index (χ1v) is 6.97. The van der Waals surface area contributed by atoms with Crippen LogP contribution in [0, 0.1) is 5.82 Å². The normalized spacial score (nSPS) is 12.3. The monoisotopic (exact) mass is 301 g/mol. The lowest BCUT2D eigenvalue weighted by atomic mass is 10.1. The van der Waals surface area contributed by atoms with Crippen molar-refractivity contribution in [2.24, 2.45) is 0 Å². The molecule has 0 N–H and O–H groups in total. The first kappa shape index (κ1) is 13.8. The van der Waals surface area contributed by atoms with Crippen molar-refractivity contribution < 1.29 is 9.13 Å². The Bertz CT molecular complexity index is 773. The van der Waals surface area contributed by atoms with E-state index in [-0.39, 0.29) is 11.9 Å².